The maximum Gasteiger partial charge on any atom is 0.255 e. The molecular formula is C22H22FN3O3. The summed E-state index contributed by atoms with van der Waals surface area (Å²) in [6.45, 7) is 1.24. The lowest BCUT2D eigenvalue weighted by atomic mass is 9.97. The molecule has 3 aromatic rings. The third-order valence-electron chi connectivity index (χ3n) is 5.09. The number of pyridine rings is 1. The molecule has 1 aromatic carbocycles. The Bertz CT molecular complexity index is 987. The predicted octanol–water partition coefficient (Wildman–Crippen LogP) is 3.83. The van der Waals surface area contributed by atoms with E-state index in [0.717, 1.165) is 18.4 Å². The molecule has 1 aliphatic heterocycles. The summed E-state index contributed by atoms with van der Waals surface area (Å²) in [6.07, 6.45) is 5.49. The Morgan fingerprint density at radius 2 is 2.17 bits per heavy atom. The van der Waals surface area contributed by atoms with Gasteiger partial charge < -0.3 is 14.1 Å². The molecule has 0 bridgehead atoms. The van der Waals surface area contributed by atoms with Gasteiger partial charge in [-0.3, -0.25) is 4.79 Å². The first-order chi connectivity index (χ1) is 14.1. The molecule has 0 radical (unpaired) electrons. The Morgan fingerprint density at radius 3 is 2.93 bits per heavy atom. The summed E-state index contributed by atoms with van der Waals surface area (Å²) in [5.41, 5.74) is 1.37. The summed E-state index contributed by atoms with van der Waals surface area (Å²) in [5, 5.41) is 0. The molecule has 29 heavy (non-hydrogen) atoms. The average Bonchev–Trinajstić information content (AvgIpc) is 3.22. The van der Waals surface area contributed by atoms with E-state index in [1.54, 1.807) is 24.4 Å². The minimum Gasteiger partial charge on any atom is -0.481 e. The Hall–Kier alpha value is -3.22. The largest absolute Gasteiger partial charge is 0.481 e. The number of ether oxygens (including phenoxy) is 1. The topological polar surface area (TPSA) is 68.5 Å². The van der Waals surface area contributed by atoms with Gasteiger partial charge in [0, 0.05) is 31.8 Å². The van der Waals surface area contributed by atoms with Gasteiger partial charge in [0.25, 0.3) is 5.91 Å². The minimum atomic E-state index is -0.267. The van der Waals surface area contributed by atoms with E-state index in [4.69, 9.17) is 9.15 Å². The first-order valence-corrected chi connectivity index (χ1v) is 9.61. The van der Waals surface area contributed by atoms with Crippen LogP contribution in [0.2, 0.25) is 0 Å². The van der Waals surface area contributed by atoms with Crippen molar-refractivity contribution < 1.29 is 18.3 Å². The van der Waals surface area contributed by atoms with Crippen LogP contribution in [0.25, 0.3) is 0 Å². The third-order valence-corrected chi connectivity index (χ3v) is 5.09. The summed E-state index contributed by atoms with van der Waals surface area (Å²) in [5.74, 6) is 1.51. The van der Waals surface area contributed by atoms with Crippen molar-refractivity contribution in [2.45, 2.75) is 25.2 Å². The number of benzene rings is 1. The summed E-state index contributed by atoms with van der Waals surface area (Å²) in [6, 6.07) is 9.85. The van der Waals surface area contributed by atoms with Gasteiger partial charge in [0.1, 0.15) is 11.6 Å². The van der Waals surface area contributed by atoms with Gasteiger partial charge in [-0.1, -0.05) is 12.1 Å². The number of hydrogen-bond donors (Lipinski definition) is 0. The van der Waals surface area contributed by atoms with Crippen LogP contribution in [0.1, 0.15) is 46.3 Å². The number of amides is 1. The Labute approximate surface area is 168 Å². The maximum atomic E-state index is 13.4. The van der Waals surface area contributed by atoms with Crippen LogP contribution in [0.4, 0.5) is 4.39 Å². The van der Waals surface area contributed by atoms with Crippen molar-refractivity contribution in [2.75, 3.05) is 20.2 Å². The van der Waals surface area contributed by atoms with Gasteiger partial charge in [0.05, 0.1) is 24.8 Å². The molecule has 4 rings (SSSR count). The highest BCUT2D eigenvalue weighted by atomic mass is 19.1. The van der Waals surface area contributed by atoms with Crippen LogP contribution < -0.4 is 4.74 Å². The Morgan fingerprint density at radius 1 is 1.28 bits per heavy atom. The van der Waals surface area contributed by atoms with Crippen molar-refractivity contribution >= 4 is 5.91 Å². The van der Waals surface area contributed by atoms with Crippen molar-refractivity contribution in [3.63, 3.8) is 0 Å². The average molecular weight is 395 g/mol. The number of carbonyl (C=O) groups is 1. The molecule has 1 saturated heterocycles. The molecule has 1 unspecified atom stereocenters. The van der Waals surface area contributed by atoms with E-state index in [9.17, 15) is 9.18 Å². The van der Waals surface area contributed by atoms with E-state index in [1.807, 2.05) is 11.0 Å². The number of nitrogens with zero attached hydrogens (tertiary/aromatic N) is 3. The molecule has 7 heteroatoms. The van der Waals surface area contributed by atoms with Crippen molar-refractivity contribution in [3.8, 4) is 5.88 Å². The minimum absolute atomic E-state index is 0.0418. The second kappa shape index (κ2) is 8.43. The molecule has 1 amide bonds. The second-order valence-corrected chi connectivity index (χ2v) is 7.15. The van der Waals surface area contributed by atoms with Crippen LogP contribution in [0.3, 0.4) is 0 Å². The lowest BCUT2D eigenvalue weighted by Gasteiger charge is -2.31. The summed E-state index contributed by atoms with van der Waals surface area (Å²) < 4.78 is 24.3. The van der Waals surface area contributed by atoms with Gasteiger partial charge in [-0.15, -0.1) is 0 Å². The zero-order chi connectivity index (χ0) is 20.2. The molecule has 1 atom stereocenters. The zero-order valence-corrected chi connectivity index (χ0v) is 16.2. The van der Waals surface area contributed by atoms with Crippen LogP contribution in [0.15, 0.2) is 53.2 Å². The third kappa shape index (κ3) is 4.45. The number of aromatic nitrogens is 2. The smallest absolute Gasteiger partial charge is 0.255 e. The quantitative estimate of drug-likeness (QED) is 0.657. The van der Waals surface area contributed by atoms with E-state index < -0.39 is 0 Å². The van der Waals surface area contributed by atoms with Gasteiger partial charge >= 0.3 is 0 Å². The number of oxazole rings is 1. The molecular weight excluding hydrogens is 373 g/mol. The van der Waals surface area contributed by atoms with Crippen LogP contribution in [-0.4, -0.2) is 41.0 Å². The van der Waals surface area contributed by atoms with Gasteiger partial charge in [-0.25, -0.2) is 14.4 Å². The Balaban J connectivity index is 1.43. The van der Waals surface area contributed by atoms with E-state index in [-0.39, 0.29) is 17.6 Å². The normalized spacial score (nSPS) is 16.6. The van der Waals surface area contributed by atoms with Gasteiger partial charge in [0.15, 0.2) is 5.89 Å². The second-order valence-electron chi connectivity index (χ2n) is 7.15. The number of carbonyl (C=O) groups excluding carboxylic acids is 1. The highest BCUT2D eigenvalue weighted by molar-refractivity contribution is 5.94. The monoisotopic (exact) mass is 395 g/mol. The summed E-state index contributed by atoms with van der Waals surface area (Å²) in [7, 11) is 1.54. The number of hydrogen-bond acceptors (Lipinski definition) is 5. The number of likely N-dealkylation sites (tertiary alicyclic amines) is 1. The fraction of sp³-hybridized carbons (Fsp3) is 0.318. The number of rotatable bonds is 5. The summed E-state index contributed by atoms with van der Waals surface area (Å²) >= 11 is 0. The van der Waals surface area contributed by atoms with Crippen molar-refractivity contribution in [1.29, 1.82) is 0 Å². The fourth-order valence-electron chi connectivity index (χ4n) is 3.61. The standard InChI is InChI=1S/C22H22FN3O3/c1-28-20-8-7-16(12-24-20)22(27)26-9-3-5-17(14-26)21-25-13-19(29-21)11-15-4-2-6-18(23)10-15/h2,4,6-8,10,12-13,17H,3,5,9,11,14H2,1H3. The molecule has 1 fully saturated rings. The summed E-state index contributed by atoms with van der Waals surface area (Å²) in [4.78, 5) is 23.2. The molecule has 0 N–H and O–H groups in total. The van der Waals surface area contributed by atoms with E-state index in [2.05, 4.69) is 9.97 Å². The maximum absolute atomic E-state index is 13.4. The molecule has 0 saturated carbocycles. The first kappa shape index (κ1) is 19.1. The van der Waals surface area contributed by atoms with Crippen LogP contribution in [0, 0.1) is 5.82 Å². The van der Waals surface area contributed by atoms with E-state index in [1.165, 1.54) is 25.4 Å². The highest BCUT2D eigenvalue weighted by Crippen LogP contribution is 2.28. The fourth-order valence-corrected chi connectivity index (χ4v) is 3.61. The lowest BCUT2D eigenvalue weighted by molar-refractivity contribution is 0.0697. The van der Waals surface area contributed by atoms with Crippen molar-refractivity contribution in [2.24, 2.45) is 0 Å². The van der Waals surface area contributed by atoms with Crippen LogP contribution in [-0.2, 0) is 6.42 Å². The molecule has 150 valence electrons. The molecule has 0 spiro atoms. The number of halogens is 1. The molecule has 3 heterocycles. The predicted molar refractivity (Wildman–Crippen MR) is 104 cm³/mol. The molecule has 2 aromatic heterocycles. The zero-order valence-electron chi connectivity index (χ0n) is 16.2. The van der Waals surface area contributed by atoms with Gasteiger partial charge in [-0.05, 0) is 36.6 Å². The van der Waals surface area contributed by atoms with E-state index in [0.29, 0.717) is 42.6 Å². The van der Waals surface area contributed by atoms with Crippen LogP contribution >= 0.6 is 0 Å². The lowest BCUT2D eigenvalue weighted by Crippen LogP contribution is -2.39. The van der Waals surface area contributed by atoms with E-state index >= 15 is 0 Å². The van der Waals surface area contributed by atoms with Gasteiger partial charge in [-0.2, -0.15) is 0 Å². The van der Waals surface area contributed by atoms with Gasteiger partial charge in [0.2, 0.25) is 5.88 Å². The Kier molecular flexibility index (Phi) is 5.55. The molecule has 1 aliphatic rings. The SMILES string of the molecule is COc1ccc(C(=O)N2CCCC(c3ncc(Cc4cccc(F)c4)o3)C2)cn1. The van der Waals surface area contributed by atoms with Crippen LogP contribution in [0.5, 0.6) is 5.88 Å². The molecule has 6 nitrogen and oxygen atoms in total. The van der Waals surface area contributed by atoms with Crippen molar-refractivity contribution in [1.82, 2.24) is 14.9 Å². The number of methoxy groups -OCH3 is 1. The number of piperidine rings is 1. The first-order valence-electron chi connectivity index (χ1n) is 9.61. The highest BCUT2D eigenvalue weighted by Gasteiger charge is 2.28. The van der Waals surface area contributed by atoms with Crippen molar-refractivity contribution in [3.05, 3.63) is 77.4 Å². The molecule has 0 aliphatic carbocycles.